The maximum absolute atomic E-state index is 4.37. The Hall–Kier alpha value is -2.26. The molecule has 0 saturated heterocycles. The molecule has 164 valence electrons. The van der Waals surface area contributed by atoms with Gasteiger partial charge in [-0.2, -0.15) is 0 Å². The highest BCUT2D eigenvalue weighted by atomic mass is 32.2. The van der Waals surface area contributed by atoms with Gasteiger partial charge in [-0.25, -0.2) is 0 Å². The van der Waals surface area contributed by atoms with Gasteiger partial charge in [0.2, 0.25) is 0 Å². The highest BCUT2D eigenvalue weighted by Crippen LogP contribution is 2.52. The Morgan fingerprint density at radius 3 is 1.65 bits per heavy atom. The first-order chi connectivity index (χ1) is 14.6. The average molecular weight is 433 g/mol. The van der Waals surface area contributed by atoms with Crippen LogP contribution >= 0.6 is 11.8 Å². The van der Waals surface area contributed by atoms with Gasteiger partial charge < -0.3 is 4.90 Å². The fourth-order valence-corrected chi connectivity index (χ4v) is 4.64. The van der Waals surface area contributed by atoms with E-state index in [0.717, 1.165) is 5.69 Å². The molecule has 4 rings (SSSR count). The highest BCUT2D eigenvalue weighted by Gasteiger charge is 2.28. The molecule has 1 aliphatic heterocycles. The Balaban J connectivity index is 0.000000858. The van der Waals surface area contributed by atoms with Gasteiger partial charge in [0.1, 0.15) is 0 Å². The van der Waals surface area contributed by atoms with Crippen molar-refractivity contribution < 1.29 is 0 Å². The number of benzene rings is 2. The normalized spacial score (nSPS) is 13.1. The van der Waals surface area contributed by atoms with Crippen LogP contribution in [-0.2, 0) is 10.8 Å². The lowest BCUT2D eigenvalue weighted by molar-refractivity contribution is 0.588. The number of anilines is 3. The molecule has 3 aromatic rings. The van der Waals surface area contributed by atoms with Crippen LogP contribution < -0.4 is 4.90 Å². The van der Waals surface area contributed by atoms with Gasteiger partial charge in [-0.1, -0.05) is 85.7 Å². The first-order valence-corrected chi connectivity index (χ1v) is 12.0. The number of aromatic nitrogens is 1. The van der Waals surface area contributed by atoms with Gasteiger partial charge in [-0.15, -0.1) is 0 Å². The van der Waals surface area contributed by atoms with Crippen LogP contribution in [0, 0.1) is 0 Å². The Kier molecular flexibility index (Phi) is 6.85. The first-order valence-electron chi connectivity index (χ1n) is 11.2. The van der Waals surface area contributed by atoms with E-state index in [0.29, 0.717) is 0 Å². The molecule has 31 heavy (non-hydrogen) atoms. The molecule has 0 N–H and O–H groups in total. The lowest BCUT2D eigenvalue weighted by atomic mass is 9.86. The number of fused-ring (bicyclic) bond motifs is 2. The van der Waals surface area contributed by atoms with E-state index in [1.54, 1.807) is 0 Å². The predicted molar refractivity (Wildman–Crippen MR) is 136 cm³/mol. The fourth-order valence-electron chi connectivity index (χ4n) is 3.51. The van der Waals surface area contributed by atoms with Gasteiger partial charge in [0.05, 0.1) is 23.3 Å². The minimum Gasteiger partial charge on any atom is -0.307 e. The number of pyridine rings is 1. The van der Waals surface area contributed by atoms with E-state index in [4.69, 9.17) is 0 Å². The largest absolute Gasteiger partial charge is 0.307 e. The summed E-state index contributed by atoms with van der Waals surface area (Å²) in [6.07, 6.45) is 5.02. The molecule has 0 radical (unpaired) electrons. The molecule has 2 nitrogen and oxygen atoms in total. The molecule has 0 fully saturated rings. The van der Waals surface area contributed by atoms with E-state index in [-0.39, 0.29) is 10.8 Å². The zero-order valence-electron chi connectivity index (χ0n) is 20.3. The minimum atomic E-state index is 0.127. The molecule has 1 aliphatic rings. The third-order valence-corrected chi connectivity index (χ3v) is 6.35. The van der Waals surface area contributed by atoms with Gasteiger partial charge in [0.15, 0.2) is 0 Å². The molecule has 3 heteroatoms. The van der Waals surface area contributed by atoms with Crippen molar-refractivity contribution in [2.75, 3.05) is 4.90 Å². The lowest BCUT2D eigenvalue weighted by Gasteiger charge is -2.34. The molecule has 2 aromatic carbocycles. The second-order valence-electron chi connectivity index (χ2n) is 10.2. The van der Waals surface area contributed by atoms with Crippen molar-refractivity contribution in [1.82, 2.24) is 4.98 Å². The molecule has 2 heterocycles. The van der Waals surface area contributed by atoms with Crippen molar-refractivity contribution in [1.29, 1.82) is 0 Å². The van der Waals surface area contributed by atoms with Gasteiger partial charge >= 0.3 is 0 Å². The summed E-state index contributed by atoms with van der Waals surface area (Å²) in [6.45, 7) is 17.9. The van der Waals surface area contributed by atoms with E-state index < -0.39 is 0 Å². The summed E-state index contributed by atoms with van der Waals surface area (Å²) in [6, 6.07) is 17.9. The van der Waals surface area contributed by atoms with E-state index in [1.807, 2.05) is 30.2 Å². The maximum Gasteiger partial charge on any atom is 0.0645 e. The molecule has 0 spiro atoms. The van der Waals surface area contributed by atoms with Crippen molar-refractivity contribution in [2.24, 2.45) is 0 Å². The molecule has 0 amide bonds. The zero-order chi connectivity index (χ0) is 22.8. The van der Waals surface area contributed by atoms with Crippen LogP contribution in [0.1, 0.15) is 72.9 Å². The van der Waals surface area contributed by atoms with Crippen molar-refractivity contribution in [3.8, 4) is 0 Å². The van der Waals surface area contributed by atoms with Crippen LogP contribution in [0.5, 0.6) is 0 Å². The molecule has 0 atom stereocenters. The second kappa shape index (κ2) is 9.08. The van der Waals surface area contributed by atoms with Crippen LogP contribution in [0.15, 0.2) is 70.7 Å². The van der Waals surface area contributed by atoms with Crippen LogP contribution in [0.25, 0.3) is 0 Å². The quantitative estimate of drug-likeness (QED) is 0.298. The number of hydrogen-bond donors (Lipinski definition) is 0. The number of hydrogen-bond acceptors (Lipinski definition) is 3. The van der Waals surface area contributed by atoms with Crippen LogP contribution in [0.2, 0.25) is 0 Å². The molecule has 0 saturated carbocycles. The topological polar surface area (TPSA) is 16.1 Å². The van der Waals surface area contributed by atoms with Gasteiger partial charge in [-0.05, 0) is 58.4 Å². The van der Waals surface area contributed by atoms with E-state index in [2.05, 4.69) is 108 Å². The second-order valence-corrected chi connectivity index (χ2v) is 11.3. The summed E-state index contributed by atoms with van der Waals surface area (Å²) in [4.78, 5) is 9.31. The van der Waals surface area contributed by atoms with Crippen molar-refractivity contribution in [2.45, 2.75) is 82.4 Å². The van der Waals surface area contributed by atoms with E-state index in [9.17, 15) is 0 Å². The summed E-state index contributed by atoms with van der Waals surface area (Å²) in [5.74, 6) is 0. The minimum absolute atomic E-state index is 0.127. The summed E-state index contributed by atoms with van der Waals surface area (Å²) < 4.78 is 0. The molecule has 0 bridgehead atoms. The molecule has 0 aliphatic carbocycles. The van der Waals surface area contributed by atoms with Gasteiger partial charge in [0.25, 0.3) is 0 Å². The fraction of sp³-hybridized carbons (Fsp3) is 0.393. The lowest BCUT2D eigenvalue weighted by Crippen LogP contribution is -2.18. The van der Waals surface area contributed by atoms with Crippen LogP contribution in [0.3, 0.4) is 0 Å². The Bertz CT molecular complexity index is 964. The standard InChI is InChI=1S/C25H28N2S.C3H8/c1-24(2,3)17-9-11-20-22(14-17)28-23-15-18(25(4,5)6)10-12-21(23)27(20)19-8-7-13-26-16-19;1-3-2/h7-16H,1-6H3;3H2,1-2H3. The Labute approximate surface area is 193 Å². The zero-order valence-corrected chi connectivity index (χ0v) is 21.1. The van der Waals surface area contributed by atoms with Crippen molar-refractivity contribution >= 4 is 28.8 Å². The van der Waals surface area contributed by atoms with E-state index >= 15 is 0 Å². The molecular weight excluding hydrogens is 396 g/mol. The summed E-state index contributed by atoms with van der Waals surface area (Å²) >= 11 is 1.88. The molecule has 1 aromatic heterocycles. The third-order valence-electron chi connectivity index (χ3n) is 5.26. The molecular formula is C28H36N2S. The van der Waals surface area contributed by atoms with Crippen molar-refractivity contribution in [3.05, 3.63) is 72.1 Å². The van der Waals surface area contributed by atoms with Gasteiger partial charge in [-0.3, -0.25) is 4.98 Å². The average Bonchev–Trinajstić information content (AvgIpc) is 2.71. The van der Waals surface area contributed by atoms with Crippen molar-refractivity contribution in [3.63, 3.8) is 0 Å². The summed E-state index contributed by atoms with van der Waals surface area (Å²) in [7, 11) is 0. The van der Waals surface area contributed by atoms with E-state index in [1.165, 1.54) is 38.7 Å². The molecule has 0 unspecified atom stereocenters. The summed E-state index contributed by atoms with van der Waals surface area (Å²) in [5, 5.41) is 0. The SMILES string of the molecule is CC(C)(C)c1ccc2c(c1)Sc1cc(C(C)(C)C)ccc1N2c1cccnc1.CCC. The summed E-state index contributed by atoms with van der Waals surface area (Å²) in [5.41, 5.74) is 6.52. The maximum atomic E-state index is 4.37. The van der Waals surface area contributed by atoms with Crippen LogP contribution in [-0.4, -0.2) is 4.98 Å². The predicted octanol–water partition coefficient (Wildman–Crippen LogP) is 9.03. The Morgan fingerprint density at radius 2 is 1.26 bits per heavy atom. The number of nitrogens with zero attached hydrogens (tertiary/aromatic N) is 2. The monoisotopic (exact) mass is 432 g/mol. The van der Waals surface area contributed by atoms with Gasteiger partial charge in [0, 0.05) is 16.0 Å². The highest BCUT2D eigenvalue weighted by molar-refractivity contribution is 7.99. The number of rotatable bonds is 1. The smallest absolute Gasteiger partial charge is 0.0645 e. The Morgan fingerprint density at radius 1 is 0.774 bits per heavy atom. The first kappa shape index (κ1) is 23.4. The third kappa shape index (κ3) is 5.15. The van der Waals surface area contributed by atoms with Crippen LogP contribution in [0.4, 0.5) is 17.1 Å².